The topological polar surface area (TPSA) is 62.7 Å². The van der Waals surface area contributed by atoms with Gasteiger partial charge in [-0.1, -0.05) is 13.3 Å². The van der Waals surface area contributed by atoms with Gasteiger partial charge >= 0.3 is 0 Å². The summed E-state index contributed by atoms with van der Waals surface area (Å²) in [6.45, 7) is 3.12. The van der Waals surface area contributed by atoms with E-state index in [4.69, 9.17) is 4.74 Å². The highest BCUT2D eigenvalue weighted by Gasteiger charge is 2.28. The van der Waals surface area contributed by atoms with Gasteiger partial charge in [-0.15, -0.1) is 0 Å². The van der Waals surface area contributed by atoms with Crippen molar-refractivity contribution in [3.63, 3.8) is 0 Å². The molecule has 23 heavy (non-hydrogen) atoms. The summed E-state index contributed by atoms with van der Waals surface area (Å²) in [4.78, 5) is 18.6. The minimum atomic E-state index is -0.438. The van der Waals surface area contributed by atoms with Gasteiger partial charge in [0.15, 0.2) is 0 Å². The van der Waals surface area contributed by atoms with E-state index in [1.54, 1.807) is 23.2 Å². The predicted molar refractivity (Wildman–Crippen MR) is 87.4 cm³/mol. The first-order chi connectivity index (χ1) is 11.1. The lowest BCUT2D eigenvalue weighted by atomic mass is 9.95. The fourth-order valence-electron chi connectivity index (χ4n) is 3.38. The van der Waals surface area contributed by atoms with Crippen LogP contribution >= 0.6 is 0 Å². The molecular formula is C18H26N2O3. The van der Waals surface area contributed by atoms with E-state index >= 15 is 0 Å². The van der Waals surface area contributed by atoms with Gasteiger partial charge in [-0.05, 0) is 44.1 Å². The average molecular weight is 318 g/mol. The number of aromatic nitrogens is 1. The number of rotatable bonds is 3. The van der Waals surface area contributed by atoms with E-state index in [1.807, 2.05) is 6.92 Å². The lowest BCUT2D eigenvalue weighted by Gasteiger charge is -2.34. The third-order valence-corrected chi connectivity index (χ3v) is 5.03. The molecule has 126 valence electrons. The number of nitrogens with zero attached hydrogens (tertiary/aromatic N) is 2. The number of β-amino-alcohol motifs (C(OH)–C–C–N with tert-alkyl or cyclic N) is 1. The zero-order chi connectivity index (χ0) is 16.2. The van der Waals surface area contributed by atoms with Crippen LogP contribution in [0.5, 0.6) is 5.88 Å². The predicted octanol–water partition coefficient (Wildman–Crippen LogP) is 2.64. The molecule has 5 nitrogen and oxygen atoms in total. The molecule has 0 radical (unpaired) electrons. The Hall–Kier alpha value is -1.62. The largest absolute Gasteiger partial charge is 0.474 e. The van der Waals surface area contributed by atoms with Crippen LogP contribution in [0.3, 0.4) is 0 Å². The molecular weight excluding hydrogens is 292 g/mol. The summed E-state index contributed by atoms with van der Waals surface area (Å²) < 4.78 is 5.94. The molecule has 3 rings (SSSR count). The fraction of sp³-hybridized carbons (Fsp3) is 0.667. The number of amides is 1. The van der Waals surface area contributed by atoms with Gasteiger partial charge in [0.05, 0.1) is 6.10 Å². The second-order valence-corrected chi connectivity index (χ2v) is 6.85. The molecule has 0 bridgehead atoms. The van der Waals surface area contributed by atoms with Crippen molar-refractivity contribution in [3.05, 3.63) is 23.9 Å². The SMILES string of the molecule is CC1CCN(C(=O)c2ccnc(OC3CCCCC3)c2)CC1O. The Balaban J connectivity index is 1.65. The van der Waals surface area contributed by atoms with Gasteiger partial charge in [-0.3, -0.25) is 4.79 Å². The molecule has 5 heteroatoms. The number of pyridine rings is 1. The van der Waals surface area contributed by atoms with Crippen LogP contribution in [0.4, 0.5) is 0 Å². The van der Waals surface area contributed by atoms with Gasteiger partial charge in [-0.2, -0.15) is 0 Å². The second kappa shape index (κ2) is 7.30. The van der Waals surface area contributed by atoms with Crippen LogP contribution in [-0.4, -0.2) is 46.2 Å². The van der Waals surface area contributed by atoms with Crippen molar-refractivity contribution in [1.29, 1.82) is 0 Å². The van der Waals surface area contributed by atoms with Crippen molar-refractivity contribution >= 4 is 5.91 Å². The Morgan fingerprint density at radius 2 is 2.09 bits per heavy atom. The second-order valence-electron chi connectivity index (χ2n) is 6.85. The Labute approximate surface area is 137 Å². The highest BCUT2D eigenvalue weighted by atomic mass is 16.5. The van der Waals surface area contributed by atoms with E-state index < -0.39 is 6.10 Å². The van der Waals surface area contributed by atoms with Crippen molar-refractivity contribution < 1.29 is 14.6 Å². The van der Waals surface area contributed by atoms with Crippen LogP contribution in [0.25, 0.3) is 0 Å². The molecule has 0 aromatic carbocycles. The molecule has 1 saturated heterocycles. The number of carbonyl (C=O) groups is 1. The zero-order valence-electron chi connectivity index (χ0n) is 13.8. The third kappa shape index (κ3) is 4.02. The van der Waals surface area contributed by atoms with Gasteiger partial charge in [0.2, 0.25) is 5.88 Å². The average Bonchev–Trinajstić information content (AvgIpc) is 2.58. The van der Waals surface area contributed by atoms with E-state index in [0.717, 1.165) is 19.3 Å². The summed E-state index contributed by atoms with van der Waals surface area (Å²) in [6.07, 6.45) is 8.07. The molecule has 2 heterocycles. The molecule has 1 amide bonds. The summed E-state index contributed by atoms with van der Waals surface area (Å²) in [5.41, 5.74) is 0.590. The minimum absolute atomic E-state index is 0.0492. The maximum atomic E-state index is 12.6. The van der Waals surface area contributed by atoms with Crippen LogP contribution in [0.2, 0.25) is 0 Å². The smallest absolute Gasteiger partial charge is 0.254 e. The Morgan fingerprint density at radius 1 is 1.30 bits per heavy atom. The van der Waals surface area contributed by atoms with Crippen molar-refractivity contribution in [2.75, 3.05) is 13.1 Å². The normalized spacial score (nSPS) is 26.1. The van der Waals surface area contributed by atoms with Crippen LogP contribution in [0.15, 0.2) is 18.3 Å². The Morgan fingerprint density at radius 3 is 2.83 bits per heavy atom. The fourth-order valence-corrected chi connectivity index (χ4v) is 3.38. The number of piperidine rings is 1. The van der Waals surface area contributed by atoms with E-state index in [9.17, 15) is 9.90 Å². The standard InChI is InChI=1S/C18H26N2O3/c1-13-8-10-20(12-16(13)21)18(22)14-7-9-19-17(11-14)23-15-5-3-2-4-6-15/h7,9,11,13,15-16,21H,2-6,8,10,12H2,1H3. The minimum Gasteiger partial charge on any atom is -0.474 e. The summed E-state index contributed by atoms with van der Waals surface area (Å²) >= 11 is 0. The highest BCUT2D eigenvalue weighted by molar-refractivity contribution is 5.94. The van der Waals surface area contributed by atoms with Crippen LogP contribution in [-0.2, 0) is 0 Å². The molecule has 1 aromatic rings. The summed E-state index contributed by atoms with van der Waals surface area (Å²) in [7, 11) is 0. The highest BCUT2D eigenvalue weighted by Crippen LogP contribution is 2.24. The number of aliphatic hydroxyl groups is 1. The number of hydrogen-bond donors (Lipinski definition) is 1. The lowest BCUT2D eigenvalue weighted by Crippen LogP contribution is -2.45. The summed E-state index contributed by atoms with van der Waals surface area (Å²) in [5, 5.41) is 9.98. The molecule has 2 atom stereocenters. The maximum absolute atomic E-state index is 12.6. The molecule has 1 aromatic heterocycles. The first-order valence-corrected chi connectivity index (χ1v) is 8.73. The van der Waals surface area contributed by atoms with Gasteiger partial charge in [0.25, 0.3) is 5.91 Å². The lowest BCUT2D eigenvalue weighted by molar-refractivity contribution is 0.0248. The molecule has 2 unspecified atom stereocenters. The molecule has 0 spiro atoms. The van der Waals surface area contributed by atoms with Crippen LogP contribution < -0.4 is 4.74 Å². The summed E-state index contributed by atoms with van der Waals surface area (Å²) in [6, 6.07) is 3.46. The van der Waals surface area contributed by atoms with Crippen molar-refractivity contribution in [2.24, 2.45) is 5.92 Å². The van der Waals surface area contributed by atoms with Gasteiger partial charge in [0.1, 0.15) is 6.10 Å². The number of hydrogen-bond acceptors (Lipinski definition) is 4. The van der Waals surface area contributed by atoms with E-state index in [0.29, 0.717) is 24.5 Å². The van der Waals surface area contributed by atoms with Gasteiger partial charge < -0.3 is 14.7 Å². The van der Waals surface area contributed by atoms with E-state index in [1.165, 1.54) is 19.3 Å². The number of likely N-dealkylation sites (tertiary alicyclic amines) is 1. The quantitative estimate of drug-likeness (QED) is 0.930. The molecule has 1 saturated carbocycles. The first-order valence-electron chi connectivity index (χ1n) is 8.73. The van der Waals surface area contributed by atoms with Gasteiger partial charge in [-0.25, -0.2) is 4.98 Å². The maximum Gasteiger partial charge on any atom is 0.254 e. The first kappa shape index (κ1) is 16.2. The van der Waals surface area contributed by atoms with Gasteiger partial charge in [0, 0.05) is 30.9 Å². The Kier molecular flexibility index (Phi) is 5.16. The Bertz CT molecular complexity index is 543. The van der Waals surface area contributed by atoms with E-state index in [-0.39, 0.29) is 17.9 Å². The molecule has 2 fully saturated rings. The van der Waals surface area contributed by atoms with Crippen molar-refractivity contribution in [2.45, 2.75) is 57.7 Å². The van der Waals surface area contributed by atoms with Crippen molar-refractivity contribution in [3.8, 4) is 5.88 Å². The van der Waals surface area contributed by atoms with Crippen LogP contribution in [0, 0.1) is 5.92 Å². The molecule has 1 aliphatic heterocycles. The van der Waals surface area contributed by atoms with Crippen molar-refractivity contribution in [1.82, 2.24) is 9.88 Å². The van der Waals surface area contributed by atoms with Crippen LogP contribution in [0.1, 0.15) is 55.8 Å². The third-order valence-electron chi connectivity index (χ3n) is 5.03. The molecule has 1 aliphatic carbocycles. The monoisotopic (exact) mass is 318 g/mol. The zero-order valence-corrected chi connectivity index (χ0v) is 13.8. The van der Waals surface area contributed by atoms with E-state index in [2.05, 4.69) is 4.98 Å². The molecule has 2 aliphatic rings. The molecule has 1 N–H and O–H groups in total. The number of carbonyl (C=O) groups excluding carboxylic acids is 1. The number of ether oxygens (including phenoxy) is 1. The summed E-state index contributed by atoms with van der Waals surface area (Å²) in [5.74, 6) is 0.738. The number of aliphatic hydroxyl groups excluding tert-OH is 1.